The third-order valence-electron chi connectivity index (χ3n) is 3.39. The molecule has 0 bridgehead atoms. The minimum atomic E-state index is 1.13. The van der Waals surface area contributed by atoms with Crippen LogP contribution in [0.1, 0.15) is 19.4 Å². The van der Waals surface area contributed by atoms with Gasteiger partial charge < -0.3 is 9.80 Å². The minimum absolute atomic E-state index is 1.13. The van der Waals surface area contributed by atoms with E-state index in [-0.39, 0.29) is 0 Å². The molecular formula is C15H25BrN2. The van der Waals surface area contributed by atoms with Crippen molar-refractivity contribution in [1.82, 2.24) is 9.80 Å². The molecule has 0 heterocycles. The summed E-state index contributed by atoms with van der Waals surface area (Å²) >= 11 is 3.47. The molecule has 0 saturated carbocycles. The van der Waals surface area contributed by atoms with E-state index in [0.29, 0.717) is 0 Å². The number of halogens is 1. The lowest BCUT2D eigenvalue weighted by atomic mass is 10.1. The highest BCUT2D eigenvalue weighted by Crippen LogP contribution is 2.11. The molecule has 0 aliphatic rings. The lowest BCUT2D eigenvalue weighted by molar-refractivity contribution is 0.242. The second kappa shape index (κ2) is 8.68. The summed E-state index contributed by atoms with van der Waals surface area (Å²) in [5.74, 6) is 0. The molecule has 1 aromatic carbocycles. The quantitative estimate of drug-likeness (QED) is 0.727. The summed E-state index contributed by atoms with van der Waals surface area (Å²) in [6, 6.07) is 8.63. The van der Waals surface area contributed by atoms with Gasteiger partial charge in [-0.05, 0) is 44.3 Å². The molecule has 3 heteroatoms. The summed E-state index contributed by atoms with van der Waals surface area (Å²) in [6.07, 6.45) is 1.13. The Kier molecular flexibility index (Phi) is 7.56. The second-order valence-electron chi connectivity index (χ2n) is 4.71. The zero-order chi connectivity index (χ0) is 13.4. The van der Waals surface area contributed by atoms with Crippen LogP contribution in [0, 0.1) is 0 Å². The molecule has 0 aromatic heterocycles. The van der Waals surface area contributed by atoms with E-state index in [4.69, 9.17) is 0 Å². The van der Waals surface area contributed by atoms with Crippen molar-refractivity contribution in [3.63, 3.8) is 0 Å². The van der Waals surface area contributed by atoms with E-state index >= 15 is 0 Å². The van der Waals surface area contributed by atoms with E-state index in [1.807, 2.05) is 0 Å². The van der Waals surface area contributed by atoms with Crippen molar-refractivity contribution in [1.29, 1.82) is 0 Å². The van der Waals surface area contributed by atoms with Crippen molar-refractivity contribution < 1.29 is 0 Å². The maximum Gasteiger partial charge on any atom is 0.0175 e. The standard InChI is InChI=1S/C15H25BrN2/c1-4-18(5-2)13-12-17(3)11-10-14-6-8-15(16)9-7-14/h6-9H,4-5,10-13H2,1-3H3. The van der Waals surface area contributed by atoms with E-state index in [9.17, 15) is 0 Å². The van der Waals surface area contributed by atoms with E-state index < -0.39 is 0 Å². The highest BCUT2D eigenvalue weighted by Gasteiger charge is 2.03. The minimum Gasteiger partial charge on any atom is -0.305 e. The zero-order valence-corrected chi connectivity index (χ0v) is 13.4. The lowest BCUT2D eigenvalue weighted by Crippen LogP contribution is -2.33. The predicted molar refractivity (Wildman–Crippen MR) is 83.1 cm³/mol. The van der Waals surface area contributed by atoms with Crippen molar-refractivity contribution in [3.8, 4) is 0 Å². The number of hydrogen-bond donors (Lipinski definition) is 0. The lowest BCUT2D eigenvalue weighted by Gasteiger charge is -2.23. The molecule has 2 nitrogen and oxygen atoms in total. The van der Waals surface area contributed by atoms with Gasteiger partial charge in [0, 0.05) is 24.1 Å². The molecule has 0 amide bonds. The Morgan fingerprint density at radius 2 is 1.56 bits per heavy atom. The third kappa shape index (κ3) is 5.98. The van der Waals surface area contributed by atoms with E-state index in [1.54, 1.807) is 0 Å². The van der Waals surface area contributed by atoms with Crippen molar-refractivity contribution in [2.24, 2.45) is 0 Å². The van der Waals surface area contributed by atoms with Gasteiger partial charge in [0.1, 0.15) is 0 Å². The molecule has 1 rings (SSSR count). The Balaban J connectivity index is 2.24. The smallest absolute Gasteiger partial charge is 0.0175 e. The summed E-state index contributed by atoms with van der Waals surface area (Å²) in [4.78, 5) is 4.89. The molecular weight excluding hydrogens is 288 g/mol. The number of rotatable bonds is 8. The first-order valence-corrected chi connectivity index (χ1v) is 7.60. The van der Waals surface area contributed by atoms with Crippen LogP contribution in [0.2, 0.25) is 0 Å². The van der Waals surface area contributed by atoms with Crippen LogP contribution in [0.4, 0.5) is 0 Å². The molecule has 0 unspecified atom stereocenters. The van der Waals surface area contributed by atoms with Gasteiger partial charge >= 0.3 is 0 Å². The average molecular weight is 313 g/mol. The average Bonchev–Trinajstić information content (AvgIpc) is 2.39. The Morgan fingerprint density at radius 3 is 2.11 bits per heavy atom. The second-order valence-corrected chi connectivity index (χ2v) is 5.62. The summed E-state index contributed by atoms with van der Waals surface area (Å²) in [5.41, 5.74) is 1.41. The van der Waals surface area contributed by atoms with Gasteiger partial charge in [-0.2, -0.15) is 0 Å². The molecule has 1 aromatic rings. The molecule has 0 aliphatic carbocycles. The largest absolute Gasteiger partial charge is 0.305 e. The molecule has 0 radical (unpaired) electrons. The number of benzene rings is 1. The maximum atomic E-state index is 3.47. The predicted octanol–water partition coefficient (Wildman–Crippen LogP) is 3.27. The first-order valence-electron chi connectivity index (χ1n) is 6.81. The highest BCUT2D eigenvalue weighted by atomic mass is 79.9. The van der Waals surface area contributed by atoms with Gasteiger partial charge in [-0.15, -0.1) is 0 Å². The number of nitrogens with zero attached hydrogens (tertiary/aromatic N) is 2. The van der Waals surface area contributed by atoms with Crippen LogP contribution in [-0.4, -0.2) is 49.6 Å². The normalized spacial score (nSPS) is 11.4. The first kappa shape index (κ1) is 15.7. The Morgan fingerprint density at radius 1 is 0.944 bits per heavy atom. The van der Waals surface area contributed by atoms with Crippen molar-refractivity contribution in [3.05, 3.63) is 34.3 Å². The molecule has 102 valence electrons. The molecule has 0 atom stereocenters. The summed E-state index contributed by atoms with van der Waals surface area (Å²) in [7, 11) is 2.21. The van der Waals surface area contributed by atoms with Gasteiger partial charge in [-0.3, -0.25) is 0 Å². The Labute approximate surface area is 120 Å². The fraction of sp³-hybridized carbons (Fsp3) is 0.600. The molecule has 18 heavy (non-hydrogen) atoms. The fourth-order valence-corrected chi connectivity index (χ4v) is 2.20. The highest BCUT2D eigenvalue weighted by molar-refractivity contribution is 9.10. The monoisotopic (exact) mass is 312 g/mol. The van der Waals surface area contributed by atoms with Crippen LogP contribution in [-0.2, 0) is 6.42 Å². The molecule has 0 N–H and O–H groups in total. The van der Waals surface area contributed by atoms with Crippen LogP contribution >= 0.6 is 15.9 Å². The van der Waals surface area contributed by atoms with E-state index in [2.05, 4.69) is 70.9 Å². The van der Waals surface area contributed by atoms with Crippen LogP contribution < -0.4 is 0 Å². The van der Waals surface area contributed by atoms with Crippen molar-refractivity contribution in [2.45, 2.75) is 20.3 Å². The Hall–Kier alpha value is -0.380. The molecule has 0 saturated heterocycles. The summed E-state index contributed by atoms with van der Waals surface area (Å²) in [5, 5.41) is 0. The van der Waals surface area contributed by atoms with Gasteiger partial charge in [0.25, 0.3) is 0 Å². The molecule has 0 spiro atoms. The van der Waals surface area contributed by atoms with Gasteiger partial charge in [-0.25, -0.2) is 0 Å². The van der Waals surface area contributed by atoms with Crippen LogP contribution in [0.3, 0.4) is 0 Å². The van der Waals surface area contributed by atoms with Gasteiger partial charge in [0.15, 0.2) is 0 Å². The van der Waals surface area contributed by atoms with Crippen molar-refractivity contribution >= 4 is 15.9 Å². The topological polar surface area (TPSA) is 6.48 Å². The summed E-state index contributed by atoms with van der Waals surface area (Å²) in [6.45, 7) is 10.2. The van der Waals surface area contributed by atoms with Crippen LogP contribution in [0.15, 0.2) is 28.7 Å². The maximum absolute atomic E-state index is 3.47. The summed E-state index contributed by atoms with van der Waals surface area (Å²) < 4.78 is 1.15. The van der Waals surface area contributed by atoms with Gasteiger partial charge in [0.2, 0.25) is 0 Å². The SMILES string of the molecule is CCN(CC)CCN(C)CCc1ccc(Br)cc1. The van der Waals surface area contributed by atoms with Crippen molar-refractivity contribution in [2.75, 3.05) is 39.8 Å². The number of likely N-dealkylation sites (N-methyl/N-ethyl adjacent to an activating group) is 2. The zero-order valence-electron chi connectivity index (χ0n) is 11.8. The molecule has 0 aliphatic heterocycles. The van der Waals surface area contributed by atoms with Crippen LogP contribution in [0.25, 0.3) is 0 Å². The Bertz CT molecular complexity index is 320. The number of hydrogen-bond acceptors (Lipinski definition) is 2. The third-order valence-corrected chi connectivity index (χ3v) is 3.92. The van der Waals surface area contributed by atoms with E-state index in [0.717, 1.165) is 37.1 Å². The first-order chi connectivity index (χ1) is 8.65. The molecule has 0 fully saturated rings. The van der Waals surface area contributed by atoms with E-state index in [1.165, 1.54) is 12.1 Å². The van der Waals surface area contributed by atoms with Gasteiger partial charge in [0.05, 0.1) is 0 Å². The fourth-order valence-electron chi connectivity index (χ4n) is 1.93. The van der Waals surface area contributed by atoms with Gasteiger partial charge in [-0.1, -0.05) is 41.9 Å². The van der Waals surface area contributed by atoms with Crippen LogP contribution in [0.5, 0.6) is 0 Å².